The third-order valence-electron chi connectivity index (χ3n) is 10.7. The molecule has 2 nitrogen and oxygen atoms in total. The van der Waals surface area contributed by atoms with Crippen molar-refractivity contribution in [3.63, 3.8) is 0 Å². The number of rotatable bonds is 4. The highest BCUT2D eigenvalue weighted by molar-refractivity contribution is 6.30. The van der Waals surface area contributed by atoms with Crippen LogP contribution in [0.15, 0.2) is 200 Å². The molecular formula is C49H33ClN2. The predicted molar refractivity (Wildman–Crippen MR) is 217 cm³/mol. The van der Waals surface area contributed by atoms with Crippen LogP contribution in [0.2, 0.25) is 5.02 Å². The summed E-state index contributed by atoms with van der Waals surface area (Å²) in [4.78, 5) is 4.83. The Bertz CT molecular complexity index is 2470. The maximum absolute atomic E-state index is 7.00. The molecule has 52 heavy (non-hydrogen) atoms. The molecule has 0 fully saturated rings. The summed E-state index contributed by atoms with van der Waals surface area (Å²) in [5.41, 5.74) is 15.7. The Kier molecular flexibility index (Phi) is 7.12. The third-order valence-corrected chi connectivity index (χ3v) is 11.0. The fourth-order valence-electron chi connectivity index (χ4n) is 8.51. The van der Waals surface area contributed by atoms with Crippen molar-refractivity contribution in [2.24, 2.45) is 0 Å². The molecule has 0 saturated heterocycles. The van der Waals surface area contributed by atoms with Crippen LogP contribution < -0.4 is 9.80 Å². The summed E-state index contributed by atoms with van der Waals surface area (Å²) in [5.74, 6) is 0. The Labute approximate surface area is 309 Å². The van der Waals surface area contributed by atoms with Gasteiger partial charge < -0.3 is 9.80 Å². The van der Waals surface area contributed by atoms with E-state index < -0.39 is 5.41 Å². The molecule has 3 heteroatoms. The molecule has 2 aliphatic heterocycles. The van der Waals surface area contributed by atoms with Crippen LogP contribution in [0.3, 0.4) is 0 Å². The lowest BCUT2D eigenvalue weighted by molar-refractivity contribution is 0.719. The SMILES string of the molecule is Clc1ccc2c(c1)C1(c3ccccc3N(c3ccc(-c4ccccc4)cc3)c3ccccc31)c1ccccc1N2c1ccc(-c2ccccc2)cc1. The van der Waals surface area contributed by atoms with Crippen LogP contribution in [0, 0.1) is 0 Å². The van der Waals surface area contributed by atoms with E-state index in [0.717, 1.165) is 39.7 Å². The predicted octanol–water partition coefficient (Wildman–Crippen LogP) is 13.6. The summed E-state index contributed by atoms with van der Waals surface area (Å²) in [5, 5.41) is 0.714. The lowest BCUT2D eigenvalue weighted by Gasteiger charge is -2.51. The van der Waals surface area contributed by atoms with E-state index in [9.17, 15) is 0 Å². The van der Waals surface area contributed by atoms with Gasteiger partial charge in [-0.2, -0.15) is 0 Å². The van der Waals surface area contributed by atoms with Gasteiger partial charge in [0.05, 0.1) is 28.2 Å². The molecule has 0 N–H and O–H groups in total. The van der Waals surface area contributed by atoms with Crippen LogP contribution in [-0.2, 0) is 5.41 Å². The summed E-state index contributed by atoms with van der Waals surface area (Å²) in [6.07, 6.45) is 0. The van der Waals surface area contributed by atoms with Gasteiger partial charge in [-0.15, -0.1) is 0 Å². The number of anilines is 6. The molecule has 0 atom stereocenters. The number of hydrogen-bond donors (Lipinski definition) is 0. The molecule has 0 amide bonds. The number of halogens is 1. The van der Waals surface area contributed by atoms with E-state index >= 15 is 0 Å². The van der Waals surface area contributed by atoms with E-state index in [1.54, 1.807) is 0 Å². The first-order chi connectivity index (χ1) is 25.7. The monoisotopic (exact) mass is 684 g/mol. The van der Waals surface area contributed by atoms with E-state index in [4.69, 9.17) is 11.6 Å². The lowest BCUT2D eigenvalue weighted by atomic mass is 9.60. The topological polar surface area (TPSA) is 6.48 Å². The summed E-state index contributed by atoms with van der Waals surface area (Å²) in [6, 6.07) is 72.1. The minimum absolute atomic E-state index is 0.634. The third kappa shape index (κ3) is 4.58. The zero-order valence-corrected chi connectivity index (χ0v) is 29.1. The fourth-order valence-corrected chi connectivity index (χ4v) is 8.69. The Morgan fingerprint density at radius 1 is 0.308 bits per heavy atom. The molecule has 2 heterocycles. The summed E-state index contributed by atoms with van der Waals surface area (Å²) < 4.78 is 0. The first-order valence-electron chi connectivity index (χ1n) is 17.7. The zero-order valence-electron chi connectivity index (χ0n) is 28.3. The van der Waals surface area contributed by atoms with Crippen LogP contribution >= 0.6 is 11.6 Å². The highest BCUT2D eigenvalue weighted by atomic mass is 35.5. The molecule has 0 bridgehead atoms. The first-order valence-corrected chi connectivity index (χ1v) is 18.1. The largest absolute Gasteiger partial charge is 0.310 e. The lowest BCUT2D eigenvalue weighted by Crippen LogP contribution is -2.42. The van der Waals surface area contributed by atoms with Crippen molar-refractivity contribution in [3.05, 3.63) is 227 Å². The molecular weight excluding hydrogens is 652 g/mol. The van der Waals surface area contributed by atoms with Gasteiger partial charge in [0.2, 0.25) is 0 Å². The molecule has 8 aromatic rings. The van der Waals surface area contributed by atoms with Gasteiger partial charge in [0.1, 0.15) is 0 Å². The summed E-state index contributed by atoms with van der Waals surface area (Å²) in [6.45, 7) is 0. The van der Waals surface area contributed by atoms with E-state index in [0.29, 0.717) is 5.02 Å². The van der Waals surface area contributed by atoms with Crippen LogP contribution in [-0.4, -0.2) is 0 Å². The molecule has 246 valence electrons. The second-order valence-corrected chi connectivity index (χ2v) is 13.9. The number of hydrogen-bond acceptors (Lipinski definition) is 2. The minimum Gasteiger partial charge on any atom is -0.310 e. The van der Waals surface area contributed by atoms with Gasteiger partial charge in [-0.3, -0.25) is 0 Å². The van der Waals surface area contributed by atoms with Crippen molar-refractivity contribution >= 4 is 45.7 Å². The highest BCUT2D eigenvalue weighted by Crippen LogP contribution is 2.64. The number of fused-ring (bicyclic) bond motifs is 8. The molecule has 8 aromatic carbocycles. The van der Waals surface area contributed by atoms with Gasteiger partial charge in [0.25, 0.3) is 0 Å². The van der Waals surface area contributed by atoms with Crippen molar-refractivity contribution < 1.29 is 0 Å². The molecule has 0 radical (unpaired) electrons. The van der Waals surface area contributed by atoms with Crippen molar-refractivity contribution in [1.29, 1.82) is 0 Å². The fraction of sp³-hybridized carbons (Fsp3) is 0.0204. The van der Waals surface area contributed by atoms with Gasteiger partial charge in [-0.05, 0) is 105 Å². The van der Waals surface area contributed by atoms with Crippen molar-refractivity contribution in [2.45, 2.75) is 5.41 Å². The number of nitrogens with zero attached hydrogens (tertiary/aromatic N) is 2. The van der Waals surface area contributed by atoms with Gasteiger partial charge in [0, 0.05) is 16.4 Å². The van der Waals surface area contributed by atoms with Gasteiger partial charge >= 0.3 is 0 Å². The zero-order chi connectivity index (χ0) is 34.6. The summed E-state index contributed by atoms with van der Waals surface area (Å²) >= 11 is 7.00. The molecule has 0 aliphatic carbocycles. The first kappa shape index (κ1) is 30.5. The smallest absolute Gasteiger partial charge is 0.0783 e. The number of para-hydroxylation sites is 3. The van der Waals surface area contributed by atoms with Crippen LogP contribution in [0.25, 0.3) is 22.3 Å². The Morgan fingerprint density at radius 2 is 0.654 bits per heavy atom. The minimum atomic E-state index is -0.634. The van der Waals surface area contributed by atoms with Crippen LogP contribution in [0.4, 0.5) is 34.1 Å². The van der Waals surface area contributed by atoms with E-state index in [-0.39, 0.29) is 0 Å². The van der Waals surface area contributed by atoms with E-state index in [1.165, 1.54) is 38.9 Å². The molecule has 0 aromatic heterocycles. The molecule has 10 rings (SSSR count). The van der Waals surface area contributed by atoms with E-state index in [1.807, 2.05) is 6.07 Å². The maximum atomic E-state index is 7.00. The average molecular weight is 685 g/mol. The van der Waals surface area contributed by atoms with Crippen LogP contribution in [0.1, 0.15) is 22.3 Å². The van der Waals surface area contributed by atoms with Crippen molar-refractivity contribution in [3.8, 4) is 22.3 Å². The molecule has 0 saturated carbocycles. The Balaban J connectivity index is 1.20. The number of benzene rings is 8. The Hall–Kier alpha value is -6.35. The second kappa shape index (κ2) is 12.2. The highest BCUT2D eigenvalue weighted by Gasteiger charge is 2.51. The molecule has 1 spiro atoms. The van der Waals surface area contributed by atoms with Gasteiger partial charge in [-0.25, -0.2) is 0 Å². The van der Waals surface area contributed by atoms with Crippen molar-refractivity contribution in [2.75, 3.05) is 9.80 Å². The van der Waals surface area contributed by atoms with Gasteiger partial charge in [0.15, 0.2) is 0 Å². The van der Waals surface area contributed by atoms with Crippen LogP contribution in [0.5, 0.6) is 0 Å². The standard InChI is InChI=1S/C49H33ClN2/c50-38-27-32-48-44(33-38)49(43-19-9-12-22-47(43)52(48)40-30-25-37(26-31-40)35-15-5-2-6-16-35)41-17-7-10-20-45(41)51(46-21-11-8-18-42(46)49)39-28-23-36(24-29-39)34-13-3-1-4-14-34/h1-33H. The average Bonchev–Trinajstić information content (AvgIpc) is 3.22. The normalized spacial score (nSPS) is 13.6. The van der Waals surface area contributed by atoms with Crippen molar-refractivity contribution in [1.82, 2.24) is 0 Å². The Morgan fingerprint density at radius 3 is 1.08 bits per heavy atom. The maximum Gasteiger partial charge on any atom is 0.0783 e. The quantitative estimate of drug-likeness (QED) is 0.182. The molecule has 2 aliphatic rings. The van der Waals surface area contributed by atoms with E-state index in [2.05, 4.69) is 204 Å². The molecule has 0 unspecified atom stereocenters. The second-order valence-electron chi connectivity index (χ2n) is 13.5. The summed E-state index contributed by atoms with van der Waals surface area (Å²) in [7, 11) is 0. The van der Waals surface area contributed by atoms with Gasteiger partial charge in [-0.1, -0.05) is 151 Å².